The Kier molecular flexibility index (Phi) is 3.97. The maximum atomic E-state index is 9.93. The number of nitrogens with zero attached hydrogens (tertiary/aromatic N) is 1. The molecule has 2 heterocycles. The number of ether oxygens (including phenoxy) is 1. The lowest BCUT2D eigenvalue weighted by atomic mass is 10.1. The van der Waals surface area contributed by atoms with E-state index in [0.29, 0.717) is 5.92 Å². The number of aromatic nitrogens is 1. The highest BCUT2D eigenvalue weighted by Crippen LogP contribution is 2.25. The van der Waals surface area contributed by atoms with Crippen LogP contribution in [0, 0.1) is 0 Å². The molecule has 0 aromatic carbocycles. The molecule has 4 atom stereocenters. The summed E-state index contributed by atoms with van der Waals surface area (Å²) in [7, 11) is 0. The van der Waals surface area contributed by atoms with E-state index in [1.807, 2.05) is 18.3 Å². The monoisotopic (exact) mass is 254 g/mol. The molecule has 2 rings (SSSR count). The van der Waals surface area contributed by atoms with Gasteiger partial charge in [-0.25, -0.2) is 0 Å². The van der Waals surface area contributed by atoms with Crippen molar-refractivity contribution < 1.29 is 24.6 Å². The van der Waals surface area contributed by atoms with Crippen molar-refractivity contribution >= 4 is 0 Å². The molecule has 0 bridgehead atoms. The normalized spacial score (nSPS) is 32.1. The molecular weight excluding hydrogens is 234 g/mol. The van der Waals surface area contributed by atoms with E-state index >= 15 is 0 Å². The number of aliphatic hydroxyl groups is 3. The molecule has 0 amide bonds. The standard InChI is InChI=1S/C13H20NO4/c1-8(2)9-4-3-5-14(6-9)13-12(17)11(16)10(7-15)18-13/h3-6,8,10-13,15-17H,7H2,1-2H3/q+1. The maximum Gasteiger partial charge on any atom is 0.292 e. The Morgan fingerprint density at radius 1 is 1.33 bits per heavy atom. The summed E-state index contributed by atoms with van der Waals surface area (Å²) in [6, 6.07) is 3.88. The molecule has 18 heavy (non-hydrogen) atoms. The SMILES string of the molecule is CC(C)c1ccc[n+](C2OC(CO)C(O)C2O)c1. The Labute approximate surface area is 106 Å². The summed E-state index contributed by atoms with van der Waals surface area (Å²) in [6.45, 7) is 3.85. The van der Waals surface area contributed by atoms with Crippen molar-refractivity contribution in [2.75, 3.05) is 6.61 Å². The topological polar surface area (TPSA) is 73.8 Å². The van der Waals surface area contributed by atoms with E-state index in [0.717, 1.165) is 5.56 Å². The average molecular weight is 254 g/mol. The van der Waals surface area contributed by atoms with Crippen LogP contribution in [-0.4, -0.2) is 40.2 Å². The summed E-state index contributed by atoms with van der Waals surface area (Å²) < 4.78 is 7.20. The van der Waals surface area contributed by atoms with Crippen molar-refractivity contribution in [2.45, 2.75) is 44.3 Å². The van der Waals surface area contributed by atoms with Gasteiger partial charge in [0, 0.05) is 11.6 Å². The minimum atomic E-state index is -1.06. The van der Waals surface area contributed by atoms with Gasteiger partial charge in [0.2, 0.25) is 0 Å². The van der Waals surface area contributed by atoms with E-state index < -0.39 is 24.5 Å². The van der Waals surface area contributed by atoms with Gasteiger partial charge in [-0.1, -0.05) is 13.8 Å². The van der Waals surface area contributed by atoms with Crippen molar-refractivity contribution in [2.24, 2.45) is 0 Å². The highest BCUT2D eigenvalue weighted by atomic mass is 16.6. The average Bonchev–Trinajstić information content (AvgIpc) is 2.66. The summed E-state index contributed by atoms with van der Waals surface area (Å²) >= 11 is 0. The Balaban J connectivity index is 2.24. The zero-order valence-electron chi connectivity index (χ0n) is 10.6. The molecule has 5 nitrogen and oxygen atoms in total. The van der Waals surface area contributed by atoms with Crippen molar-refractivity contribution in [3.05, 3.63) is 30.1 Å². The molecule has 1 saturated heterocycles. The van der Waals surface area contributed by atoms with Gasteiger partial charge >= 0.3 is 0 Å². The Morgan fingerprint density at radius 2 is 2.06 bits per heavy atom. The molecule has 100 valence electrons. The molecule has 3 N–H and O–H groups in total. The molecule has 4 unspecified atom stereocenters. The van der Waals surface area contributed by atoms with Gasteiger partial charge in [-0.3, -0.25) is 0 Å². The first-order valence-corrected chi connectivity index (χ1v) is 6.17. The van der Waals surface area contributed by atoms with Crippen LogP contribution in [0.2, 0.25) is 0 Å². The molecule has 0 aliphatic carbocycles. The first-order chi connectivity index (χ1) is 8.54. The van der Waals surface area contributed by atoms with Crippen molar-refractivity contribution in [3.8, 4) is 0 Å². The molecule has 0 spiro atoms. The van der Waals surface area contributed by atoms with Gasteiger partial charge in [-0.15, -0.1) is 0 Å². The largest absolute Gasteiger partial charge is 0.394 e. The fourth-order valence-corrected chi connectivity index (χ4v) is 2.14. The number of pyridine rings is 1. The van der Waals surface area contributed by atoms with E-state index in [9.17, 15) is 10.2 Å². The summed E-state index contributed by atoms with van der Waals surface area (Å²) in [5, 5.41) is 28.7. The molecule has 0 saturated carbocycles. The quantitative estimate of drug-likeness (QED) is 0.648. The summed E-state index contributed by atoms with van der Waals surface area (Å²) in [6.07, 6.45) is 0.192. The fourth-order valence-electron chi connectivity index (χ4n) is 2.14. The Hall–Kier alpha value is -1.01. The lowest BCUT2D eigenvalue weighted by Gasteiger charge is -2.11. The highest BCUT2D eigenvalue weighted by molar-refractivity contribution is 5.09. The first kappa shape index (κ1) is 13.4. The number of aliphatic hydroxyl groups excluding tert-OH is 3. The zero-order valence-corrected chi connectivity index (χ0v) is 10.6. The molecule has 1 aromatic rings. The van der Waals surface area contributed by atoms with E-state index in [1.165, 1.54) is 0 Å². The molecule has 0 radical (unpaired) electrons. The van der Waals surface area contributed by atoms with Gasteiger partial charge in [-0.05, 0) is 12.0 Å². The van der Waals surface area contributed by atoms with Gasteiger partial charge in [0.1, 0.15) is 12.2 Å². The number of rotatable bonds is 3. The third-order valence-corrected chi connectivity index (χ3v) is 3.32. The first-order valence-electron chi connectivity index (χ1n) is 6.17. The van der Waals surface area contributed by atoms with Crippen molar-refractivity contribution in [3.63, 3.8) is 0 Å². The van der Waals surface area contributed by atoms with Gasteiger partial charge in [0.05, 0.1) is 6.61 Å². The molecule has 1 aromatic heterocycles. The van der Waals surface area contributed by atoms with Gasteiger partial charge in [0.15, 0.2) is 18.5 Å². The minimum absolute atomic E-state index is 0.306. The lowest BCUT2D eigenvalue weighted by molar-refractivity contribution is -0.766. The Morgan fingerprint density at radius 3 is 2.61 bits per heavy atom. The molecule has 1 fully saturated rings. The zero-order chi connectivity index (χ0) is 13.3. The maximum absolute atomic E-state index is 9.93. The second kappa shape index (κ2) is 5.32. The van der Waals surface area contributed by atoms with Crippen LogP contribution in [-0.2, 0) is 4.74 Å². The lowest BCUT2D eigenvalue weighted by Crippen LogP contribution is -2.46. The molecule has 1 aliphatic rings. The molecular formula is C13H20NO4+. The smallest absolute Gasteiger partial charge is 0.292 e. The van der Waals surface area contributed by atoms with E-state index in [1.54, 1.807) is 10.8 Å². The van der Waals surface area contributed by atoms with Crippen LogP contribution in [0.3, 0.4) is 0 Å². The van der Waals surface area contributed by atoms with E-state index in [4.69, 9.17) is 9.84 Å². The van der Waals surface area contributed by atoms with Crippen LogP contribution >= 0.6 is 0 Å². The Bertz CT molecular complexity index is 410. The van der Waals surface area contributed by atoms with E-state index in [2.05, 4.69) is 13.8 Å². The third kappa shape index (κ3) is 2.40. The molecule has 5 heteroatoms. The second-order valence-corrected chi connectivity index (χ2v) is 4.97. The second-order valence-electron chi connectivity index (χ2n) is 4.97. The summed E-state index contributed by atoms with van der Waals surface area (Å²) in [5.74, 6) is 0.370. The predicted molar refractivity (Wildman–Crippen MR) is 63.7 cm³/mol. The van der Waals surface area contributed by atoms with Crippen LogP contribution in [0.5, 0.6) is 0 Å². The van der Waals surface area contributed by atoms with Crippen molar-refractivity contribution in [1.29, 1.82) is 0 Å². The highest BCUT2D eigenvalue weighted by Gasteiger charge is 2.47. The summed E-state index contributed by atoms with van der Waals surface area (Å²) in [5.41, 5.74) is 1.12. The summed E-state index contributed by atoms with van der Waals surface area (Å²) in [4.78, 5) is 0. The van der Waals surface area contributed by atoms with Crippen LogP contribution in [0.4, 0.5) is 0 Å². The van der Waals surface area contributed by atoms with Gasteiger partial charge in [-0.2, -0.15) is 4.57 Å². The van der Waals surface area contributed by atoms with E-state index in [-0.39, 0.29) is 6.61 Å². The van der Waals surface area contributed by atoms with Crippen LogP contribution < -0.4 is 4.57 Å². The fraction of sp³-hybridized carbons (Fsp3) is 0.615. The number of hydrogen-bond donors (Lipinski definition) is 3. The van der Waals surface area contributed by atoms with Crippen LogP contribution in [0.1, 0.15) is 31.6 Å². The van der Waals surface area contributed by atoms with Gasteiger partial charge < -0.3 is 20.1 Å². The van der Waals surface area contributed by atoms with Crippen LogP contribution in [0.25, 0.3) is 0 Å². The molecule has 1 aliphatic heterocycles. The van der Waals surface area contributed by atoms with Gasteiger partial charge in [0.25, 0.3) is 6.23 Å². The third-order valence-electron chi connectivity index (χ3n) is 3.32. The predicted octanol–water partition coefficient (Wildman–Crippen LogP) is -0.291. The van der Waals surface area contributed by atoms with Crippen molar-refractivity contribution in [1.82, 2.24) is 0 Å². The minimum Gasteiger partial charge on any atom is -0.394 e. The van der Waals surface area contributed by atoms with Crippen LogP contribution in [0.15, 0.2) is 24.5 Å². The number of hydrogen-bond acceptors (Lipinski definition) is 4.